The van der Waals surface area contributed by atoms with E-state index in [1.165, 1.54) is 23.1 Å². The monoisotopic (exact) mass is 216 g/mol. The van der Waals surface area contributed by atoms with Gasteiger partial charge in [0, 0.05) is 5.75 Å². The van der Waals surface area contributed by atoms with E-state index in [2.05, 4.69) is 22.1 Å². The maximum atomic E-state index is 10.4. The Morgan fingerprint density at radius 2 is 2.54 bits per heavy atom. The van der Waals surface area contributed by atoms with E-state index >= 15 is 0 Å². The molecule has 0 unspecified atom stereocenters. The summed E-state index contributed by atoms with van der Waals surface area (Å²) in [6, 6.07) is -0.628. The first-order valence-corrected chi connectivity index (χ1v) is 5.16. The normalized spacial score (nSPS) is 9.54. The average Bonchev–Trinajstić information content (AvgIpc) is 2.48. The zero-order valence-electron chi connectivity index (χ0n) is 6.69. The number of nitrogens with two attached hydrogens (primary N) is 1. The smallest absolute Gasteiger partial charge is 0.318 e. The fourth-order valence-electron chi connectivity index (χ4n) is 0.554. The van der Waals surface area contributed by atoms with E-state index < -0.39 is 6.03 Å². The predicted molar refractivity (Wildman–Crippen MR) is 54.0 cm³/mol. The predicted octanol–water partition coefficient (Wildman–Crippen LogP) is 1.31. The zero-order valence-corrected chi connectivity index (χ0v) is 8.32. The number of carbonyl (C=O) groups excluding carboxylic acids is 1. The van der Waals surface area contributed by atoms with Crippen LogP contribution in [0.25, 0.3) is 0 Å². The number of anilines is 1. The van der Waals surface area contributed by atoms with Crippen LogP contribution in [0.5, 0.6) is 0 Å². The van der Waals surface area contributed by atoms with Crippen LogP contribution in [-0.4, -0.2) is 22.0 Å². The number of primary amides is 1. The van der Waals surface area contributed by atoms with Gasteiger partial charge in [-0.05, 0) is 0 Å². The lowest BCUT2D eigenvalue weighted by Gasteiger charge is -1.90. The second-order valence-corrected chi connectivity index (χ2v) is 4.21. The van der Waals surface area contributed by atoms with Gasteiger partial charge in [0.05, 0.1) is 0 Å². The summed E-state index contributed by atoms with van der Waals surface area (Å²) in [6.45, 7) is 3.58. The van der Waals surface area contributed by atoms with Crippen molar-refractivity contribution in [2.75, 3.05) is 11.1 Å². The Hall–Kier alpha value is -1.08. The molecule has 1 rings (SSSR count). The first-order valence-electron chi connectivity index (χ1n) is 3.36. The molecule has 70 valence electrons. The Labute approximate surface area is 83.4 Å². The Morgan fingerprint density at radius 1 is 1.77 bits per heavy atom. The molecule has 0 saturated carbocycles. The number of hydrogen-bond donors (Lipinski definition) is 2. The van der Waals surface area contributed by atoms with Gasteiger partial charge in [-0.25, -0.2) is 4.79 Å². The van der Waals surface area contributed by atoms with Crippen molar-refractivity contribution in [3.05, 3.63) is 12.7 Å². The third-order valence-electron chi connectivity index (χ3n) is 0.961. The van der Waals surface area contributed by atoms with Gasteiger partial charge in [-0.2, -0.15) is 0 Å². The van der Waals surface area contributed by atoms with E-state index in [1.54, 1.807) is 6.08 Å². The summed E-state index contributed by atoms with van der Waals surface area (Å²) >= 11 is 2.79. The minimum Gasteiger partial charge on any atom is -0.351 e. The molecule has 13 heavy (non-hydrogen) atoms. The van der Waals surface area contributed by atoms with Crippen LogP contribution < -0.4 is 11.1 Å². The molecular formula is C6H8N4OS2. The first kappa shape index (κ1) is 10.0. The highest BCUT2D eigenvalue weighted by Crippen LogP contribution is 2.24. The number of nitrogens with one attached hydrogen (secondary N) is 1. The van der Waals surface area contributed by atoms with Crippen LogP contribution in [0, 0.1) is 0 Å². The topological polar surface area (TPSA) is 80.9 Å². The van der Waals surface area contributed by atoms with Crippen molar-refractivity contribution in [3.8, 4) is 0 Å². The highest BCUT2D eigenvalue weighted by Gasteiger charge is 2.04. The molecule has 7 heteroatoms. The molecule has 0 aliphatic rings. The van der Waals surface area contributed by atoms with Crippen molar-refractivity contribution >= 4 is 34.3 Å². The molecule has 1 aromatic heterocycles. The molecule has 0 bridgehead atoms. The fourth-order valence-corrected chi connectivity index (χ4v) is 2.07. The van der Waals surface area contributed by atoms with Gasteiger partial charge in [-0.15, -0.1) is 16.8 Å². The minimum absolute atomic E-state index is 0.416. The lowest BCUT2D eigenvalue weighted by Crippen LogP contribution is -2.18. The molecule has 0 fully saturated rings. The molecule has 1 heterocycles. The van der Waals surface area contributed by atoms with E-state index in [9.17, 15) is 4.79 Å². The van der Waals surface area contributed by atoms with Crippen LogP contribution in [-0.2, 0) is 0 Å². The van der Waals surface area contributed by atoms with Gasteiger partial charge in [0.1, 0.15) is 0 Å². The summed E-state index contributed by atoms with van der Waals surface area (Å²) in [5.74, 6) is 0.769. The van der Waals surface area contributed by atoms with Crippen LogP contribution in [0.2, 0.25) is 0 Å². The molecule has 0 aliphatic heterocycles. The van der Waals surface area contributed by atoms with Gasteiger partial charge >= 0.3 is 6.03 Å². The highest BCUT2D eigenvalue weighted by molar-refractivity contribution is 8.01. The lowest BCUT2D eigenvalue weighted by atomic mass is 10.8. The molecule has 0 spiro atoms. The molecular weight excluding hydrogens is 208 g/mol. The zero-order chi connectivity index (χ0) is 9.68. The van der Waals surface area contributed by atoms with Crippen LogP contribution in [0.1, 0.15) is 0 Å². The second kappa shape index (κ2) is 4.83. The molecule has 0 radical (unpaired) electrons. The second-order valence-electron chi connectivity index (χ2n) is 1.96. The Kier molecular flexibility index (Phi) is 3.71. The molecule has 2 amide bonds. The van der Waals surface area contributed by atoms with Gasteiger partial charge in [0.15, 0.2) is 4.34 Å². The number of amides is 2. The van der Waals surface area contributed by atoms with Crippen molar-refractivity contribution < 1.29 is 4.79 Å². The molecule has 0 aromatic carbocycles. The largest absolute Gasteiger partial charge is 0.351 e. The van der Waals surface area contributed by atoms with Crippen LogP contribution in [0.15, 0.2) is 17.0 Å². The van der Waals surface area contributed by atoms with E-state index in [4.69, 9.17) is 5.73 Å². The molecule has 0 aliphatic carbocycles. The molecule has 1 aromatic rings. The number of carbonyl (C=O) groups is 1. The molecule has 0 atom stereocenters. The Balaban J connectivity index is 2.53. The Bertz CT molecular complexity index is 311. The van der Waals surface area contributed by atoms with E-state index in [0.29, 0.717) is 5.13 Å². The van der Waals surface area contributed by atoms with Crippen molar-refractivity contribution in [2.45, 2.75) is 4.34 Å². The van der Waals surface area contributed by atoms with Gasteiger partial charge < -0.3 is 5.73 Å². The van der Waals surface area contributed by atoms with Gasteiger partial charge in [-0.1, -0.05) is 29.2 Å². The van der Waals surface area contributed by atoms with Crippen molar-refractivity contribution in [2.24, 2.45) is 5.73 Å². The average molecular weight is 216 g/mol. The SMILES string of the molecule is C=CCSc1nnc(NC(N)=O)s1. The number of rotatable bonds is 4. The molecule has 3 N–H and O–H groups in total. The van der Waals surface area contributed by atoms with Gasteiger partial charge in [-0.3, -0.25) is 5.32 Å². The number of thioether (sulfide) groups is 1. The van der Waals surface area contributed by atoms with Crippen molar-refractivity contribution in [3.63, 3.8) is 0 Å². The van der Waals surface area contributed by atoms with Crippen LogP contribution in [0.3, 0.4) is 0 Å². The van der Waals surface area contributed by atoms with Crippen molar-refractivity contribution in [1.29, 1.82) is 0 Å². The van der Waals surface area contributed by atoms with Crippen LogP contribution in [0.4, 0.5) is 9.93 Å². The van der Waals surface area contributed by atoms with E-state index in [1.807, 2.05) is 0 Å². The summed E-state index contributed by atoms with van der Waals surface area (Å²) in [5, 5.41) is 10.3. The van der Waals surface area contributed by atoms with E-state index in [-0.39, 0.29) is 0 Å². The van der Waals surface area contributed by atoms with Crippen molar-refractivity contribution in [1.82, 2.24) is 10.2 Å². The fraction of sp³-hybridized carbons (Fsp3) is 0.167. The molecule has 0 saturated heterocycles. The first-order chi connectivity index (χ1) is 6.22. The standard InChI is InChI=1S/C6H8N4OS2/c1-2-3-12-6-10-9-5(13-6)8-4(7)11/h2H,1,3H2,(H3,7,8,9,11). The minimum atomic E-state index is -0.628. The summed E-state index contributed by atoms with van der Waals surface area (Å²) in [4.78, 5) is 10.4. The summed E-state index contributed by atoms with van der Waals surface area (Å²) in [6.07, 6.45) is 1.77. The van der Waals surface area contributed by atoms with Gasteiger partial charge in [0.25, 0.3) is 0 Å². The lowest BCUT2D eigenvalue weighted by molar-refractivity contribution is 0.259. The number of urea groups is 1. The summed E-state index contributed by atoms with van der Waals surface area (Å²) in [5.41, 5.74) is 4.90. The van der Waals surface area contributed by atoms with Crippen LogP contribution >= 0.6 is 23.1 Å². The number of nitrogens with zero attached hydrogens (tertiary/aromatic N) is 2. The molecule has 5 nitrogen and oxygen atoms in total. The van der Waals surface area contributed by atoms with E-state index in [0.717, 1.165) is 10.1 Å². The van der Waals surface area contributed by atoms with Gasteiger partial charge in [0.2, 0.25) is 5.13 Å². The Morgan fingerprint density at radius 3 is 3.15 bits per heavy atom. The highest BCUT2D eigenvalue weighted by atomic mass is 32.2. The summed E-state index contributed by atoms with van der Waals surface area (Å²) < 4.78 is 0.781. The quantitative estimate of drug-likeness (QED) is 0.451. The number of aromatic nitrogens is 2. The maximum Gasteiger partial charge on any atom is 0.318 e. The third kappa shape index (κ3) is 3.43. The third-order valence-corrected chi connectivity index (χ3v) is 2.93. The maximum absolute atomic E-state index is 10.4. The summed E-state index contributed by atoms with van der Waals surface area (Å²) in [7, 11) is 0. The number of hydrogen-bond acceptors (Lipinski definition) is 5.